The van der Waals surface area contributed by atoms with Crippen LogP contribution in [0.25, 0.3) is 0 Å². The zero-order valence-corrected chi connectivity index (χ0v) is 10.9. The Labute approximate surface area is 99.4 Å². The van der Waals surface area contributed by atoms with Gasteiger partial charge in [-0.25, -0.2) is 0 Å². The quantitative estimate of drug-likeness (QED) is 0.773. The van der Waals surface area contributed by atoms with Crippen molar-refractivity contribution in [2.75, 3.05) is 11.9 Å². The Bertz CT molecular complexity index is 324. The molecule has 82 valence electrons. The first-order valence-corrected chi connectivity index (χ1v) is 5.92. The van der Waals surface area contributed by atoms with E-state index in [9.17, 15) is 4.79 Å². The molecule has 0 saturated heterocycles. The summed E-state index contributed by atoms with van der Waals surface area (Å²) < 4.78 is 0. The number of hydrogen-bond acceptors (Lipinski definition) is 1. The lowest BCUT2D eigenvalue weighted by atomic mass is 10.1. The average Bonchev–Trinajstić information content (AvgIpc) is 2.27. The molecule has 2 nitrogen and oxygen atoms in total. The molecule has 0 spiro atoms. The molecule has 1 aromatic carbocycles. The van der Waals surface area contributed by atoms with Crippen molar-refractivity contribution in [1.82, 2.24) is 0 Å². The fourth-order valence-corrected chi connectivity index (χ4v) is 1.56. The highest BCUT2D eigenvalue weighted by Gasteiger charge is 2.22. The molecule has 0 aliphatic carbocycles. The van der Waals surface area contributed by atoms with Gasteiger partial charge in [0.05, 0.1) is 4.83 Å². The SMILES string of the molecule is CC(C)[C@H](Br)C(=O)N(C)c1ccccc1. The fraction of sp³-hybridized carbons (Fsp3) is 0.417. The Hall–Kier alpha value is -0.830. The molecule has 1 amide bonds. The molecule has 3 heteroatoms. The van der Waals surface area contributed by atoms with Crippen molar-refractivity contribution in [3.05, 3.63) is 30.3 Å². The maximum atomic E-state index is 12.0. The number of alkyl halides is 1. The van der Waals surface area contributed by atoms with Crippen LogP contribution in [0.3, 0.4) is 0 Å². The Morgan fingerprint density at radius 3 is 2.27 bits per heavy atom. The smallest absolute Gasteiger partial charge is 0.240 e. The third kappa shape index (κ3) is 3.06. The van der Waals surface area contributed by atoms with Crippen LogP contribution in [-0.2, 0) is 4.79 Å². The molecule has 1 rings (SSSR count). The summed E-state index contributed by atoms with van der Waals surface area (Å²) in [5, 5.41) is 0. The summed E-state index contributed by atoms with van der Waals surface area (Å²) in [7, 11) is 1.80. The molecule has 0 aromatic heterocycles. The summed E-state index contributed by atoms with van der Waals surface area (Å²) in [6.07, 6.45) is 0. The lowest BCUT2D eigenvalue weighted by Gasteiger charge is -2.22. The average molecular weight is 270 g/mol. The van der Waals surface area contributed by atoms with Crippen LogP contribution in [0.4, 0.5) is 5.69 Å². The molecular weight excluding hydrogens is 254 g/mol. The van der Waals surface area contributed by atoms with Gasteiger partial charge in [0.1, 0.15) is 0 Å². The zero-order chi connectivity index (χ0) is 11.4. The van der Waals surface area contributed by atoms with Gasteiger partial charge in [-0.15, -0.1) is 0 Å². The van der Waals surface area contributed by atoms with Gasteiger partial charge < -0.3 is 4.90 Å². The van der Waals surface area contributed by atoms with E-state index in [1.54, 1.807) is 11.9 Å². The third-order valence-corrected chi connectivity index (χ3v) is 3.74. The number of anilines is 1. The van der Waals surface area contributed by atoms with Gasteiger partial charge in [-0.05, 0) is 18.1 Å². The van der Waals surface area contributed by atoms with E-state index in [-0.39, 0.29) is 10.7 Å². The Morgan fingerprint density at radius 1 is 1.27 bits per heavy atom. The second kappa shape index (κ2) is 5.31. The van der Waals surface area contributed by atoms with Gasteiger partial charge in [0.25, 0.3) is 0 Å². The molecule has 0 bridgehead atoms. The molecule has 0 aliphatic rings. The predicted octanol–water partition coefficient (Wildman–Crippen LogP) is 3.07. The van der Waals surface area contributed by atoms with E-state index in [2.05, 4.69) is 15.9 Å². The van der Waals surface area contributed by atoms with Crippen molar-refractivity contribution in [3.63, 3.8) is 0 Å². The lowest BCUT2D eigenvalue weighted by molar-refractivity contribution is -0.118. The van der Waals surface area contributed by atoms with Crippen LogP contribution in [-0.4, -0.2) is 17.8 Å². The number of nitrogens with zero attached hydrogens (tertiary/aromatic N) is 1. The normalized spacial score (nSPS) is 12.6. The van der Waals surface area contributed by atoms with Crippen LogP contribution in [0, 0.1) is 5.92 Å². The maximum absolute atomic E-state index is 12.0. The van der Waals surface area contributed by atoms with Gasteiger partial charge in [0, 0.05) is 12.7 Å². The molecule has 1 aromatic rings. The number of benzene rings is 1. The van der Waals surface area contributed by atoms with Crippen molar-refractivity contribution < 1.29 is 4.79 Å². The lowest BCUT2D eigenvalue weighted by Crippen LogP contribution is -2.35. The molecule has 0 radical (unpaired) electrons. The minimum absolute atomic E-state index is 0.0937. The second-order valence-electron chi connectivity index (χ2n) is 3.88. The highest BCUT2D eigenvalue weighted by molar-refractivity contribution is 9.10. The topological polar surface area (TPSA) is 20.3 Å². The molecular formula is C12H16BrNO. The molecule has 0 N–H and O–H groups in total. The predicted molar refractivity (Wildman–Crippen MR) is 67.4 cm³/mol. The number of halogens is 1. The largest absolute Gasteiger partial charge is 0.315 e. The molecule has 1 atom stereocenters. The summed E-state index contributed by atoms with van der Waals surface area (Å²) in [4.78, 5) is 13.5. The van der Waals surface area contributed by atoms with Crippen LogP contribution < -0.4 is 4.90 Å². The Kier molecular flexibility index (Phi) is 4.33. The maximum Gasteiger partial charge on any atom is 0.240 e. The number of carbonyl (C=O) groups is 1. The van der Waals surface area contributed by atoms with E-state index in [1.165, 1.54) is 0 Å². The standard InChI is InChI=1S/C12H16BrNO/c1-9(2)11(13)12(15)14(3)10-7-5-4-6-8-10/h4-9,11H,1-3H3/t11-/m0/s1. The van der Waals surface area contributed by atoms with E-state index >= 15 is 0 Å². The highest BCUT2D eigenvalue weighted by Crippen LogP contribution is 2.19. The van der Waals surface area contributed by atoms with Crippen molar-refractivity contribution in [1.29, 1.82) is 0 Å². The molecule has 0 fully saturated rings. The van der Waals surface area contributed by atoms with Crippen LogP contribution >= 0.6 is 15.9 Å². The summed E-state index contributed by atoms with van der Waals surface area (Å²) in [5.41, 5.74) is 0.924. The second-order valence-corrected chi connectivity index (χ2v) is 4.87. The van der Waals surface area contributed by atoms with Crippen LogP contribution in [0.2, 0.25) is 0 Å². The van der Waals surface area contributed by atoms with Gasteiger partial charge >= 0.3 is 0 Å². The van der Waals surface area contributed by atoms with E-state index in [4.69, 9.17) is 0 Å². The minimum atomic E-state index is -0.122. The Balaban J connectivity index is 2.78. The third-order valence-electron chi connectivity index (χ3n) is 2.30. The van der Waals surface area contributed by atoms with Gasteiger partial charge in [-0.3, -0.25) is 4.79 Å². The first-order valence-electron chi connectivity index (χ1n) is 5.00. The van der Waals surface area contributed by atoms with Gasteiger partial charge in [-0.1, -0.05) is 48.0 Å². The highest BCUT2D eigenvalue weighted by atomic mass is 79.9. The number of rotatable bonds is 3. The van der Waals surface area contributed by atoms with Crippen LogP contribution in [0.15, 0.2) is 30.3 Å². The van der Waals surface area contributed by atoms with E-state index in [0.717, 1.165) is 5.69 Å². The van der Waals surface area contributed by atoms with Crippen molar-refractivity contribution >= 4 is 27.5 Å². The summed E-state index contributed by atoms with van der Waals surface area (Å²) in [6.45, 7) is 4.05. The molecule has 0 heterocycles. The van der Waals surface area contributed by atoms with Crippen molar-refractivity contribution in [3.8, 4) is 0 Å². The molecule has 15 heavy (non-hydrogen) atoms. The van der Waals surface area contributed by atoms with Gasteiger partial charge in [0.15, 0.2) is 0 Å². The van der Waals surface area contributed by atoms with Crippen LogP contribution in [0.1, 0.15) is 13.8 Å². The van der Waals surface area contributed by atoms with Crippen molar-refractivity contribution in [2.45, 2.75) is 18.7 Å². The van der Waals surface area contributed by atoms with E-state index in [1.807, 2.05) is 44.2 Å². The minimum Gasteiger partial charge on any atom is -0.315 e. The Morgan fingerprint density at radius 2 is 1.80 bits per heavy atom. The summed E-state index contributed by atoms with van der Waals surface area (Å²) >= 11 is 3.41. The van der Waals surface area contributed by atoms with Gasteiger partial charge in [-0.2, -0.15) is 0 Å². The fourth-order valence-electron chi connectivity index (χ4n) is 1.25. The summed E-state index contributed by atoms with van der Waals surface area (Å²) in [5.74, 6) is 0.389. The number of para-hydroxylation sites is 1. The van der Waals surface area contributed by atoms with Crippen molar-refractivity contribution in [2.24, 2.45) is 5.92 Å². The molecule has 0 aliphatic heterocycles. The number of carbonyl (C=O) groups excluding carboxylic acids is 1. The number of hydrogen-bond donors (Lipinski definition) is 0. The number of amides is 1. The summed E-state index contributed by atoms with van der Waals surface area (Å²) in [6, 6.07) is 9.65. The molecule has 0 unspecified atom stereocenters. The van der Waals surface area contributed by atoms with E-state index in [0.29, 0.717) is 5.92 Å². The van der Waals surface area contributed by atoms with Crippen LogP contribution in [0.5, 0.6) is 0 Å². The monoisotopic (exact) mass is 269 g/mol. The van der Waals surface area contributed by atoms with Gasteiger partial charge in [0.2, 0.25) is 5.91 Å². The van der Waals surface area contributed by atoms with E-state index < -0.39 is 0 Å². The first-order chi connectivity index (χ1) is 7.04. The zero-order valence-electron chi connectivity index (χ0n) is 9.27. The molecule has 0 saturated carbocycles. The first kappa shape index (κ1) is 12.2.